The molecule has 34 heavy (non-hydrogen) atoms. The average Bonchev–Trinajstić information content (AvgIpc) is 2.72. The lowest BCUT2D eigenvalue weighted by atomic mass is 9.80. The zero-order valence-corrected chi connectivity index (χ0v) is 19.2. The van der Waals surface area contributed by atoms with Crippen LogP contribution in [-0.4, -0.2) is 17.7 Å². The van der Waals surface area contributed by atoms with Crippen molar-refractivity contribution in [2.24, 2.45) is 17.6 Å². The van der Waals surface area contributed by atoms with Crippen LogP contribution >= 0.6 is 0 Å². The number of anilines is 1. The van der Waals surface area contributed by atoms with Crippen LogP contribution in [0.25, 0.3) is 0 Å². The molecule has 1 aliphatic carbocycles. The van der Waals surface area contributed by atoms with E-state index in [-0.39, 0.29) is 36.1 Å². The predicted molar refractivity (Wildman–Crippen MR) is 117 cm³/mol. The van der Waals surface area contributed by atoms with Crippen LogP contribution in [0.4, 0.5) is 32.0 Å². The summed E-state index contributed by atoms with van der Waals surface area (Å²) in [7, 11) is 0. The van der Waals surface area contributed by atoms with E-state index in [2.05, 4.69) is 5.32 Å². The molecular formula is C24H32F6N2O2. The van der Waals surface area contributed by atoms with E-state index in [9.17, 15) is 35.9 Å². The van der Waals surface area contributed by atoms with E-state index in [1.165, 1.54) is 0 Å². The lowest BCUT2D eigenvalue weighted by molar-refractivity contribution is -0.143. The molecule has 1 aromatic carbocycles. The third kappa shape index (κ3) is 8.60. The van der Waals surface area contributed by atoms with Crippen molar-refractivity contribution in [2.45, 2.75) is 89.5 Å². The molecule has 0 saturated heterocycles. The monoisotopic (exact) mass is 494 g/mol. The van der Waals surface area contributed by atoms with Gasteiger partial charge in [0.25, 0.3) is 0 Å². The number of ketones is 1. The van der Waals surface area contributed by atoms with Gasteiger partial charge in [-0.05, 0) is 49.8 Å². The van der Waals surface area contributed by atoms with Gasteiger partial charge in [-0.25, -0.2) is 0 Å². The van der Waals surface area contributed by atoms with Gasteiger partial charge in [-0.15, -0.1) is 0 Å². The number of carbonyl (C=O) groups is 2. The lowest BCUT2D eigenvalue weighted by Gasteiger charge is -2.27. The molecule has 0 heterocycles. The number of amides is 1. The Hall–Kier alpha value is -2.10. The first-order valence-corrected chi connectivity index (χ1v) is 11.7. The Labute approximate surface area is 195 Å². The van der Waals surface area contributed by atoms with Crippen molar-refractivity contribution in [2.75, 3.05) is 5.32 Å². The van der Waals surface area contributed by atoms with Gasteiger partial charge < -0.3 is 11.1 Å². The van der Waals surface area contributed by atoms with Crippen molar-refractivity contribution in [3.63, 3.8) is 0 Å². The van der Waals surface area contributed by atoms with Gasteiger partial charge in [-0.3, -0.25) is 9.59 Å². The normalized spacial score (nSPS) is 20.1. The van der Waals surface area contributed by atoms with Crippen molar-refractivity contribution in [3.8, 4) is 0 Å². The molecule has 3 N–H and O–H groups in total. The minimum absolute atomic E-state index is 0.0186. The largest absolute Gasteiger partial charge is 0.416 e. The maximum Gasteiger partial charge on any atom is 0.416 e. The van der Waals surface area contributed by atoms with Crippen molar-refractivity contribution >= 4 is 17.4 Å². The van der Waals surface area contributed by atoms with Gasteiger partial charge in [-0.2, -0.15) is 26.3 Å². The SMILES string of the molecule is CCCC(CCCC(=O)C1CCCCC1N)CC(=O)Nc1cc(C(F)(F)F)cc(C(F)(F)F)c1. The first kappa shape index (κ1) is 28.1. The van der Waals surface area contributed by atoms with E-state index >= 15 is 0 Å². The van der Waals surface area contributed by atoms with Gasteiger partial charge in [0.15, 0.2) is 0 Å². The predicted octanol–water partition coefficient (Wildman–Crippen LogP) is 6.73. The van der Waals surface area contributed by atoms with Gasteiger partial charge >= 0.3 is 12.4 Å². The molecule has 2 rings (SSSR count). The van der Waals surface area contributed by atoms with Crippen LogP contribution in [0, 0.1) is 11.8 Å². The molecule has 10 heteroatoms. The summed E-state index contributed by atoms with van der Waals surface area (Å²) in [6, 6.07) is 0.889. The molecule has 0 aliphatic heterocycles. The quantitative estimate of drug-likeness (QED) is 0.355. The second-order valence-electron chi connectivity index (χ2n) is 9.11. The molecule has 3 atom stereocenters. The highest BCUT2D eigenvalue weighted by atomic mass is 19.4. The summed E-state index contributed by atoms with van der Waals surface area (Å²) >= 11 is 0. The van der Waals surface area contributed by atoms with E-state index in [4.69, 9.17) is 5.73 Å². The zero-order valence-electron chi connectivity index (χ0n) is 19.2. The summed E-state index contributed by atoms with van der Waals surface area (Å²) in [5.41, 5.74) is 2.54. The number of halogens is 6. The number of hydrogen-bond acceptors (Lipinski definition) is 3. The lowest BCUT2D eigenvalue weighted by Crippen LogP contribution is -2.38. The van der Waals surface area contributed by atoms with Gasteiger partial charge in [0.2, 0.25) is 5.91 Å². The van der Waals surface area contributed by atoms with Gasteiger partial charge in [0.1, 0.15) is 5.78 Å². The molecule has 1 aromatic rings. The molecule has 4 nitrogen and oxygen atoms in total. The summed E-state index contributed by atoms with van der Waals surface area (Å²) in [5.74, 6) is -0.807. The van der Waals surface area contributed by atoms with Gasteiger partial charge in [0.05, 0.1) is 11.1 Å². The summed E-state index contributed by atoms with van der Waals surface area (Å²) in [6.45, 7) is 1.92. The van der Waals surface area contributed by atoms with Crippen LogP contribution in [0.1, 0.15) is 82.3 Å². The molecule has 0 radical (unpaired) electrons. The molecule has 192 valence electrons. The molecule has 1 saturated carbocycles. The Bertz CT molecular complexity index is 805. The van der Waals surface area contributed by atoms with Crippen LogP contribution < -0.4 is 11.1 Å². The van der Waals surface area contributed by atoms with E-state index in [1.54, 1.807) is 0 Å². The number of rotatable bonds is 10. The minimum atomic E-state index is -4.99. The van der Waals surface area contributed by atoms with E-state index < -0.39 is 35.1 Å². The molecule has 0 bridgehead atoms. The summed E-state index contributed by atoms with van der Waals surface area (Å²) in [5, 5.41) is 2.19. The highest BCUT2D eigenvalue weighted by Crippen LogP contribution is 2.37. The van der Waals surface area contributed by atoms with Crippen LogP contribution in [0.3, 0.4) is 0 Å². The average molecular weight is 495 g/mol. The smallest absolute Gasteiger partial charge is 0.327 e. The van der Waals surface area contributed by atoms with Gasteiger partial charge in [-0.1, -0.05) is 32.6 Å². The maximum atomic E-state index is 13.0. The Morgan fingerprint density at radius 1 is 1.00 bits per heavy atom. The van der Waals surface area contributed by atoms with E-state index in [1.807, 2.05) is 6.92 Å². The molecule has 1 aliphatic rings. The Morgan fingerprint density at radius 2 is 1.59 bits per heavy atom. The van der Waals surface area contributed by atoms with Crippen LogP contribution in [-0.2, 0) is 21.9 Å². The van der Waals surface area contributed by atoms with Crippen molar-refractivity contribution in [1.29, 1.82) is 0 Å². The number of hydrogen-bond donors (Lipinski definition) is 2. The third-order valence-corrected chi connectivity index (χ3v) is 6.31. The zero-order chi connectivity index (χ0) is 25.5. The summed E-state index contributed by atoms with van der Waals surface area (Å²) in [4.78, 5) is 24.9. The highest BCUT2D eigenvalue weighted by molar-refractivity contribution is 5.91. The fraction of sp³-hybridized carbons (Fsp3) is 0.667. The van der Waals surface area contributed by atoms with E-state index in [0.717, 1.165) is 32.1 Å². The van der Waals surface area contributed by atoms with Crippen molar-refractivity contribution < 1.29 is 35.9 Å². The summed E-state index contributed by atoms with van der Waals surface area (Å²) < 4.78 is 78.2. The fourth-order valence-electron chi connectivity index (χ4n) is 4.57. The number of alkyl halides is 6. The van der Waals surface area contributed by atoms with E-state index in [0.29, 0.717) is 37.8 Å². The molecule has 3 unspecified atom stereocenters. The number of benzene rings is 1. The first-order valence-electron chi connectivity index (χ1n) is 11.7. The second-order valence-corrected chi connectivity index (χ2v) is 9.11. The second kappa shape index (κ2) is 12.0. The Morgan fingerprint density at radius 3 is 2.12 bits per heavy atom. The standard InChI is InChI=1S/C24H32F6N2O2/c1-2-6-15(7-5-10-21(33)19-8-3-4-9-20(19)31)11-22(34)32-18-13-16(23(25,26)27)12-17(14-18)24(28,29)30/h12-15,19-20H,2-11,31H2,1H3,(H,32,34). The van der Waals surface area contributed by atoms with Crippen LogP contribution in [0.2, 0.25) is 0 Å². The van der Waals surface area contributed by atoms with Crippen molar-refractivity contribution in [3.05, 3.63) is 29.3 Å². The number of Topliss-reactive ketones (excluding diaryl/α,β-unsaturated/α-hetero) is 1. The van der Waals surface area contributed by atoms with Crippen molar-refractivity contribution in [1.82, 2.24) is 0 Å². The van der Waals surface area contributed by atoms with Gasteiger partial charge in [0, 0.05) is 30.5 Å². The number of carbonyl (C=O) groups excluding carboxylic acids is 2. The Kier molecular flexibility index (Phi) is 9.96. The van der Waals surface area contributed by atoms with Crippen LogP contribution in [0.5, 0.6) is 0 Å². The fourth-order valence-corrected chi connectivity index (χ4v) is 4.57. The highest BCUT2D eigenvalue weighted by Gasteiger charge is 2.37. The number of nitrogens with one attached hydrogen (secondary N) is 1. The molecule has 1 amide bonds. The molecule has 1 fully saturated rings. The third-order valence-electron chi connectivity index (χ3n) is 6.31. The van der Waals surface area contributed by atoms with Crippen LogP contribution in [0.15, 0.2) is 18.2 Å². The first-order chi connectivity index (χ1) is 15.8. The molecule has 0 spiro atoms. The minimum Gasteiger partial charge on any atom is -0.327 e. The molecule has 0 aromatic heterocycles. The Balaban J connectivity index is 1.98. The topological polar surface area (TPSA) is 72.2 Å². The molecular weight excluding hydrogens is 462 g/mol. The maximum absolute atomic E-state index is 13.0. The summed E-state index contributed by atoms with van der Waals surface area (Å²) in [6.07, 6.45) is -3.53. The number of nitrogens with two attached hydrogens (primary N) is 1.